The number of nitrogens with zero attached hydrogens (tertiary/aromatic N) is 1. The molecule has 0 spiro atoms. The summed E-state index contributed by atoms with van der Waals surface area (Å²) in [6.45, 7) is 0. The van der Waals surface area contributed by atoms with Crippen LogP contribution in [-0.4, -0.2) is 27.1 Å². The molecule has 5 nitrogen and oxygen atoms in total. The number of amides is 1. The van der Waals surface area contributed by atoms with Crippen LogP contribution in [0, 0.1) is 0 Å². The number of carbonyl (C=O) groups is 2. The van der Waals surface area contributed by atoms with Crippen molar-refractivity contribution in [1.82, 2.24) is 9.88 Å². The smallest absolute Gasteiger partial charge is 0.329 e. The SMILES string of the molecule is Cn1cc(C(=O)NC2(C(=O)O)CCC2)c2ccccc21. The van der Waals surface area contributed by atoms with E-state index in [1.165, 1.54) is 0 Å². The van der Waals surface area contributed by atoms with Crippen LogP contribution in [0.15, 0.2) is 30.5 Å². The Balaban J connectivity index is 1.95. The number of carboxylic acids is 1. The maximum atomic E-state index is 12.4. The van der Waals surface area contributed by atoms with E-state index < -0.39 is 11.5 Å². The molecule has 0 unspecified atom stereocenters. The zero-order valence-corrected chi connectivity index (χ0v) is 11.2. The Bertz CT molecular complexity index is 698. The number of hydrogen-bond donors (Lipinski definition) is 2. The van der Waals surface area contributed by atoms with Crippen molar-refractivity contribution in [3.63, 3.8) is 0 Å². The molecule has 0 aliphatic heterocycles. The Morgan fingerprint density at radius 3 is 2.60 bits per heavy atom. The van der Waals surface area contributed by atoms with Crippen molar-refractivity contribution in [3.8, 4) is 0 Å². The molecule has 1 saturated carbocycles. The molecule has 0 bridgehead atoms. The first-order chi connectivity index (χ1) is 9.53. The van der Waals surface area contributed by atoms with Gasteiger partial charge in [-0.3, -0.25) is 4.79 Å². The summed E-state index contributed by atoms with van der Waals surface area (Å²) in [5.41, 5.74) is 0.403. The van der Waals surface area contributed by atoms with Crippen LogP contribution in [0.25, 0.3) is 10.9 Å². The van der Waals surface area contributed by atoms with Crippen LogP contribution in [0.2, 0.25) is 0 Å². The van der Waals surface area contributed by atoms with Gasteiger partial charge in [0.25, 0.3) is 5.91 Å². The average molecular weight is 272 g/mol. The molecule has 1 aliphatic rings. The number of benzene rings is 1. The van der Waals surface area contributed by atoms with Crippen molar-refractivity contribution in [2.75, 3.05) is 0 Å². The van der Waals surface area contributed by atoms with Gasteiger partial charge in [0.2, 0.25) is 0 Å². The summed E-state index contributed by atoms with van der Waals surface area (Å²) in [4.78, 5) is 23.7. The minimum Gasteiger partial charge on any atom is -0.480 e. The summed E-state index contributed by atoms with van der Waals surface area (Å²) in [7, 11) is 1.87. The van der Waals surface area contributed by atoms with E-state index in [-0.39, 0.29) is 5.91 Å². The highest BCUT2D eigenvalue weighted by Gasteiger charge is 2.46. The molecule has 1 aromatic heterocycles. The molecular weight excluding hydrogens is 256 g/mol. The van der Waals surface area contributed by atoms with E-state index in [0.29, 0.717) is 18.4 Å². The van der Waals surface area contributed by atoms with E-state index in [2.05, 4.69) is 5.32 Å². The second-order valence-electron chi connectivity index (χ2n) is 5.37. The summed E-state index contributed by atoms with van der Waals surface area (Å²) in [5, 5.41) is 12.8. The van der Waals surface area contributed by atoms with Gasteiger partial charge in [-0.1, -0.05) is 18.2 Å². The number of nitrogens with one attached hydrogen (secondary N) is 1. The molecule has 1 aromatic carbocycles. The summed E-state index contributed by atoms with van der Waals surface area (Å²) < 4.78 is 1.87. The molecule has 20 heavy (non-hydrogen) atoms. The van der Waals surface area contributed by atoms with Gasteiger partial charge in [0.05, 0.1) is 5.56 Å². The van der Waals surface area contributed by atoms with Crippen LogP contribution in [0.5, 0.6) is 0 Å². The Kier molecular flexibility index (Phi) is 2.78. The van der Waals surface area contributed by atoms with Crippen molar-refractivity contribution in [2.45, 2.75) is 24.8 Å². The van der Waals surface area contributed by atoms with Crippen LogP contribution in [-0.2, 0) is 11.8 Å². The molecule has 2 N–H and O–H groups in total. The fourth-order valence-electron chi connectivity index (χ4n) is 2.73. The zero-order chi connectivity index (χ0) is 14.3. The third-order valence-corrected chi connectivity index (χ3v) is 4.11. The quantitative estimate of drug-likeness (QED) is 0.896. The molecule has 5 heteroatoms. The van der Waals surface area contributed by atoms with Crippen molar-refractivity contribution in [2.24, 2.45) is 7.05 Å². The third kappa shape index (κ3) is 1.78. The Hall–Kier alpha value is -2.30. The third-order valence-electron chi connectivity index (χ3n) is 4.11. The van der Waals surface area contributed by atoms with Gasteiger partial charge in [-0.15, -0.1) is 0 Å². The number of para-hydroxylation sites is 1. The first kappa shape index (κ1) is 12.7. The zero-order valence-electron chi connectivity index (χ0n) is 11.2. The van der Waals surface area contributed by atoms with E-state index in [9.17, 15) is 14.7 Å². The van der Waals surface area contributed by atoms with Crippen LogP contribution in [0.1, 0.15) is 29.6 Å². The van der Waals surface area contributed by atoms with E-state index >= 15 is 0 Å². The summed E-state index contributed by atoms with van der Waals surface area (Å²) in [5.74, 6) is -1.26. The second kappa shape index (κ2) is 4.37. The molecule has 2 aromatic rings. The minimum atomic E-state index is -1.08. The predicted octanol–water partition coefficient (Wildman–Crippen LogP) is 1.92. The summed E-state index contributed by atoms with van der Waals surface area (Å²) in [6.07, 6.45) is 3.58. The molecular formula is C15H16N2O3. The number of aryl methyl sites for hydroxylation is 1. The van der Waals surface area contributed by atoms with Crippen molar-refractivity contribution in [3.05, 3.63) is 36.0 Å². The number of hydrogen-bond acceptors (Lipinski definition) is 2. The molecule has 3 rings (SSSR count). The van der Waals surface area contributed by atoms with Crippen molar-refractivity contribution in [1.29, 1.82) is 0 Å². The number of carbonyl (C=O) groups excluding carboxylic acids is 1. The molecule has 1 heterocycles. The van der Waals surface area contributed by atoms with Gasteiger partial charge in [-0.05, 0) is 25.3 Å². The minimum absolute atomic E-state index is 0.316. The van der Waals surface area contributed by atoms with Gasteiger partial charge < -0.3 is 15.0 Å². The molecule has 1 fully saturated rings. The lowest BCUT2D eigenvalue weighted by Gasteiger charge is -2.38. The number of carboxylic acid groups (broad SMARTS) is 1. The van der Waals surface area contributed by atoms with Gasteiger partial charge in [0.15, 0.2) is 0 Å². The number of fused-ring (bicyclic) bond motifs is 1. The van der Waals surface area contributed by atoms with E-state index in [1.54, 1.807) is 6.20 Å². The standard InChI is InChI=1S/C15H16N2O3/c1-17-9-11(10-5-2-3-6-12(10)17)13(18)16-15(14(19)20)7-4-8-15/h2-3,5-6,9H,4,7-8H2,1H3,(H,16,18)(H,19,20). The summed E-state index contributed by atoms with van der Waals surface area (Å²) >= 11 is 0. The van der Waals surface area contributed by atoms with E-state index in [0.717, 1.165) is 17.3 Å². The van der Waals surface area contributed by atoms with Crippen LogP contribution < -0.4 is 5.32 Å². The van der Waals surface area contributed by atoms with Crippen LogP contribution in [0.3, 0.4) is 0 Å². The maximum Gasteiger partial charge on any atom is 0.329 e. The van der Waals surface area contributed by atoms with Crippen molar-refractivity contribution < 1.29 is 14.7 Å². The van der Waals surface area contributed by atoms with Crippen molar-refractivity contribution >= 4 is 22.8 Å². The molecule has 1 amide bonds. The number of aliphatic carboxylic acids is 1. The van der Waals surface area contributed by atoms with E-state index in [1.807, 2.05) is 35.9 Å². The van der Waals surface area contributed by atoms with Crippen LogP contribution >= 0.6 is 0 Å². The largest absolute Gasteiger partial charge is 0.480 e. The van der Waals surface area contributed by atoms with Gasteiger partial charge in [0, 0.05) is 24.1 Å². The normalized spacial score (nSPS) is 16.6. The lowest BCUT2D eigenvalue weighted by molar-refractivity contribution is -0.148. The van der Waals surface area contributed by atoms with Gasteiger partial charge in [0.1, 0.15) is 5.54 Å². The lowest BCUT2D eigenvalue weighted by atomic mass is 9.76. The van der Waals surface area contributed by atoms with E-state index in [4.69, 9.17) is 0 Å². The topological polar surface area (TPSA) is 71.3 Å². The van der Waals surface area contributed by atoms with Crippen LogP contribution in [0.4, 0.5) is 0 Å². The molecule has 0 saturated heterocycles. The maximum absolute atomic E-state index is 12.4. The van der Waals surface area contributed by atoms with Gasteiger partial charge >= 0.3 is 5.97 Å². The fraction of sp³-hybridized carbons (Fsp3) is 0.333. The number of rotatable bonds is 3. The second-order valence-corrected chi connectivity index (χ2v) is 5.37. The Labute approximate surface area is 116 Å². The molecule has 0 atom stereocenters. The first-order valence-corrected chi connectivity index (χ1v) is 6.63. The average Bonchev–Trinajstić information content (AvgIpc) is 2.71. The van der Waals surface area contributed by atoms with Gasteiger partial charge in [-0.2, -0.15) is 0 Å². The molecule has 0 radical (unpaired) electrons. The highest BCUT2D eigenvalue weighted by molar-refractivity contribution is 6.08. The predicted molar refractivity (Wildman–Crippen MR) is 74.6 cm³/mol. The summed E-state index contributed by atoms with van der Waals surface area (Å²) in [6, 6.07) is 7.59. The monoisotopic (exact) mass is 272 g/mol. The first-order valence-electron chi connectivity index (χ1n) is 6.63. The Morgan fingerprint density at radius 2 is 2.00 bits per heavy atom. The Morgan fingerprint density at radius 1 is 1.30 bits per heavy atom. The molecule has 1 aliphatic carbocycles. The number of aromatic nitrogens is 1. The molecule has 104 valence electrons. The highest BCUT2D eigenvalue weighted by Crippen LogP contribution is 2.33. The lowest BCUT2D eigenvalue weighted by Crippen LogP contribution is -2.59. The fourth-order valence-corrected chi connectivity index (χ4v) is 2.73. The van der Waals surface area contributed by atoms with Gasteiger partial charge in [-0.25, -0.2) is 4.79 Å². The highest BCUT2D eigenvalue weighted by atomic mass is 16.4.